The van der Waals surface area contributed by atoms with Gasteiger partial charge in [-0.3, -0.25) is 4.99 Å². The summed E-state index contributed by atoms with van der Waals surface area (Å²) in [6, 6.07) is 0. The lowest BCUT2D eigenvalue weighted by Gasteiger charge is -2.13. The molecule has 0 bridgehead atoms. The molecule has 0 unspecified atom stereocenters. The predicted octanol–water partition coefficient (Wildman–Crippen LogP) is 4.92. The van der Waals surface area contributed by atoms with Crippen molar-refractivity contribution < 1.29 is 0 Å². The lowest BCUT2D eigenvalue weighted by molar-refractivity contribution is 0.793. The first-order chi connectivity index (χ1) is 7.67. The number of rotatable bonds is 6. The van der Waals surface area contributed by atoms with Gasteiger partial charge in [0, 0.05) is 11.9 Å². The van der Waals surface area contributed by atoms with Crippen LogP contribution < -0.4 is 0 Å². The molecule has 0 saturated carbocycles. The highest BCUT2D eigenvalue weighted by Gasteiger charge is 2.08. The molecule has 0 fully saturated rings. The molecule has 0 atom stereocenters. The Morgan fingerprint density at radius 2 is 1.88 bits per heavy atom. The minimum atomic E-state index is 0.520. The number of allylic oxidation sites excluding steroid dienone is 5. The van der Waals surface area contributed by atoms with Gasteiger partial charge in [-0.05, 0) is 31.8 Å². The molecule has 0 N–H and O–H groups in total. The van der Waals surface area contributed by atoms with Crippen molar-refractivity contribution >= 4 is 5.71 Å². The first-order valence-corrected chi connectivity index (χ1v) is 6.18. The summed E-state index contributed by atoms with van der Waals surface area (Å²) in [4.78, 5) is 4.54. The second-order valence-corrected chi connectivity index (χ2v) is 4.11. The summed E-state index contributed by atoms with van der Waals surface area (Å²) < 4.78 is 0. The topological polar surface area (TPSA) is 12.4 Å². The van der Waals surface area contributed by atoms with E-state index in [-0.39, 0.29) is 0 Å². The lowest BCUT2D eigenvalue weighted by Crippen LogP contribution is -2.08. The largest absolute Gasteiger partial charge is 0.261 e. The maximum Gasteiger partial charge on any atom is 0.0437 e. The fourth-order valence-corrected chi connectivity index (χ4v) is 1.51. The van der Waals surface area contributed by atoms with Crippen LogP contribution in [0.3, 0.4) is 0 Å². The van der Waals surface area contributed by atoms with E-state index in [1.165, 1.54) is 11.3 Å². The molecular formula is C15H25N. The Bertz CT molecular complexity index is 291. The Labute approximate surface area is 101 Å². The summed E-state index contributed by atoms with van der Waals surface area (Å²) in [5, 5.41) is 0. The van der Waals surface area contributed by atoms with E-state index < -0.39 is 0 Å². The van der Waals surface area contributed by atoms with Crippen LogP contribution in [-0.2, 0) is 0 Å². The van der Waals surface area contributed by atoms with Crippen LogP contribution in [0.2, 0.25) is 0 Å². The van der Waals surface area contributed by atoms with Gasteiger partial charge >= 0.3 is 0 Å². The van der Waals surface area contributed by atoms with E-state index in [1.54, 1.807) is 0 Å². The molecule has 90 valence electrons. The molecule has 0 rings (SSSR count). The molecule has 0 heterocycles. The van der Waals surface area contributed by atoms with Gasteiger partial charge in [0.1, 0.15) is 0 Å². The van der Waals surface area contributed by atoms with Crippen LogP contribution in [0.25, 0.3) is 0 Å². The van der Waals surface area contributed by atoms with Crippen molar-refractivity contribution in [1.29, 1.82) is 0 Å². The fourth-order valence-electron chi connectivity index (χ4n) is 1.51. The molecule has 0 aliphatic rings. The van der Waals surface area contributed by atoms with Crippen molar-refractivity contribution in [2.75, 3.05) is 0 Å². The van der Waals surface area contributed by atoms with Crippen molar-refractivity contribution in [3.63, 3.8) is 0 Å². The molecule has 0 radical (unpaired) electrons. The third kappa shape index (κ3) is 5.69. The molecule has 0 saturated heterocycles. The Morgan fingerprint density at radius 3 is 2.31 bits per heavy atom. The van der Waals surface area contributed by atoms with Gasteiger partial charge in [0.25, 0.3) is 0 Å². The van der Waals surface area contributed by atoms with Gasteiger partial charge in [0.05, 0.1) is 0 Å². The molecule has 1 nitrogen and oxygen atoms in total. The summed E-state index contributed by atoms with van der Waals surface area (Å²) in [6.07, 6.45) is 12.4. The highest BCUT2D eigenvalue weighted by atomic mass is 14.7. The highest BCUT2D eigenvalue weighted by molar-refractivity contribution is 6.01. The van der Waals surface area contributed by atoms with Gasteiger partial charge in [-0.25, -0.2) is 0 Å². The van der Waals surface area contributed by atoms with Crippen LogP contribution in [0.15, 0.2) is 41.1 Å². The first kappa shape index (κ1) is 14.9. The van der Waals surface area contributed by atoms with Gasteiger partial charge in [0.2, 0.25) is 0 Å². The summed E-state index contributed by atoms with van der Waals surface area (Å²) in [7, 11) is 0. The summed E-state index contributed by atoms with van der Waals surface area (Å²) >= 11 is 0. The molecule has 16 heavy (non-hydrogen) atoms. The fraction of sp³-hybridized carbons (Fsp3) is 0.533. The summed E-state index contributed by atoms with van der Waals surface area (Å²) in [5.74, 6) is 0.520. The monoisotopic (exact) mass is 219 g/mol. The van der Waals surface area contributed by atoms with E-state index in [2.05, 4.69) is 44.0 Å². The molecular weight excluding hydrogens is 194 g/mol. The minimum Gasteiger partial charge on any atom is -0.261 e. The second-order valence-electron chi connectivity index (χ2n) is 4.11. The Kier molecular flexibility index (Phi) is 8.51. The van der Waals surface area contributed by atoms with Crippen LogP contribution >= 0.6 is 0 Å². The minimum absolute atomic E-state index is 0.520. The molecule has 1 heteroatoms. The van der Waals surface area contributed by atoms with Gasteiger partial charge in [-0.1, -0.05) is 51.5 Å². The van der Waals surface area contributed by atoms with E-state index in [9.17, 15) is 0 Å². The second kappa shape index (κ2) is 9.14. The standard InChI is InChI=1S/C15H25N/c1-6-9-11-14(13(4)5)15(10-7-2)16-12-8-3/h6,8-9,11-13H,7,10H2,1-5H3/b9-6-,12-8-,14-11-,16-15-. The van der Waals surface area contributed by atoms with Crippen molar-refractivity contribution in [2.24, 2.45) is 10.9 Å². The van der Waals surface area contributed by atoms with Crippen LogP contribution in [0.4, 0.5) is 0 Å². The molecule has 0 aromatic heterocycles. The third-order valence-electron chi connectivity index (χ3n) is 2.29. The normalized spacial score (nSPS) is 14.6. The number of nitrogens with zero attached hydrogens (tertiary/aromatic N) is 1. The van der Waals surface area contributed by atoms with Crippen molar-refractivity contribution in [2.45, 2.75) is 47.5 Å². The number of hydrogen-bond acceptors (Lipinski definition) is 1. The molecule has 0 aromatic carbocycles. The molecule has 0 aliphatic carbocycles. The van der Waals surface area contributed by atoms with E-state index in [0.717, 1.165) is 12.8 Å². The smallest absolute Gasteiger partial charge is 0.0437 e. The Balaban J connectivity index is 5.09. The highest BCUT2D eigenvalue weighted by Crippen LogP contribution is 2.16. The molecule has 0 spiro atoms. The van der Waals surface area contributed by atoms with Crippen molar-refractivity contribution in [3.8, 4) is 0 Å². The van der Waals surface area contributed by atoms with Crippen LogP contribution in [0.1, 0.15) is 47.5 Å². The van der Waals surface area contributed by atoms with E-state index in [0.29, 0.717) is 5.92 Å². The zero-order valence-corrected chi connectivity index (χ0v) is 11.3. The number of hydrogen-bond donors (Lipinski definition) is 0. The van der Waals surface area contributed by atoms with Gasteiger partial charge in [0.15, 0.2) is 0 Å². The van der Waals surface area contributed by atoms with Gasteiger partial charge in [-0.15, -0.1) is 0 Å². The number of aliphatic imine (C=N–C) groups is 1. The van der Waals surface area contributed by atoms with E-state index in [4.69, 9.17) is 0 Å². The SMILES string of the molecule is C\C=C/C=C(\C(CCC)=N/C=C\C)C(C)C. The van der Waals surface area contributed by atoms with Gasteiger partial charge < -0.3 is 0 Å². The zero-order valence-electron chi connectivity index (χ0n) is 11.3. The molecule has 0 aliphatic heterocycles. The van der Waals surface area contributed by atoms with Crippen LogP contribution in [0.5, 0.6) is 0 Å². The Morgan fingerprint density at radius 1 is 1.19 bits per heavy atom. The quantitative estimate of drug-likeness (QED) is 0.444. The van der Waals surface area contributed by atoms with Crippen LogP contribution in [-0.4, -0.2) is 5.71 Å². The first-order valence-electron chi connectivity index (χ1n) is 6.18. The third-order valence-corrected chi connectivity index (χ3v) is 2.29. The average Bonchev–Trinajstić information content (AvgIpc) is 2.25. The summed E-state index contributed by atoms with van der Waals surface area (Å²) in [6.45, 7) is 10.7. The maximum absolute atomic E-state index is 4.54. The maximum atomic E-state index is 4.54. The average molecular weight is 219 g/mol. The lowest BCUT2D eigenvalue weighted by atomic mass is 9.95. The van der Waals surface area contributed by atoms with Crippen molar-refractivity contribution in [3.05, 3.63) is 36.1 Å². The zero-order chi connectivity index (χ0) is 12.4. The van der Waals surface area contributed by atoms with Crippen molar-refractivity contribution in [1.82, 2.24) is 0 Å². The van der Waals surface area contributed by atoms with E-state index in [1.807, 2.05) is 26.1 Å². The Hall–Kier alpha value is -1.11. The predicted molar refractivity (Wildman–Crippen MR) is 74.9 cm³/mol. The molecule has 0 amide bonds. The van der Waals surface area contributed by atoms with Gasteiger partial charge in [-0.2, -0.15) is 0 Å². The summed E-state index contributed by atoms with van der Waals surface area (Å²) in [5.41, 5.74) is 2.56. The van der Waals surface area contributed by atoms with Crippen LogP contribution in [0, 0.1) is 5.92 Å². The molecule has 0 aromatic rings. The van der Waals surface area contributed by atoms with E-state index >= 15 is 0 Å².